The lowest BCUT2D eigenvalue weighted by Crippen LogP contribution is -2.44. The molecule has 0 aliphatic heterocycles. The SMILES string of the molecule is COC(=O)c1cc(C)nc2c1c(=O)n(CC(=O)NCc1ccccc1)c(=O)n2-c1ccccc1. The molecule has 0 saturated heterocycles. The van der Waals surface area contributed by atoms with Gasteiger partial charge in [0.05, 0.1) is 23.7 Å². The molecule has 2 heterocycles. The van der Waals surface area contributed by atoms with Gasteiger partial charge in [0.25, 0.3) is 5.56 Å². The van der Waals surface area contributed by atoms with Crippen LogP contribution in [0, 0.1) is 6.92 Å². The number of hydrogen-bond acceptors (Lipinski definition) is 6. The molecule has 34 heavy (non-hydrogen) atoms. The predicted octanol–water partition coefficient (Wildman–Crippen LogP) is 1.96. The van der Waals surface area contributed by atoms with Gasteiger partial charge in [0.2, 0.25) is 5.91 Å². The van der Waals surface area contributed by atoms with E-state index in [0.717, 1.165) is 10.1 Å². The maximum atomic E-state index is 13.5. The monoisotopic (exact) mass is 458 g/mol. The second kappa shape index (κ2) is 9.53. The van der Waals surface area contributed by atoms with Gasteiger partial charge in [-0.25, -0.2) is 23.7 Å². The molecule has 0 bridgehead atoms. The second-order valence-corrected chi connectivity index (χ2v) is 7.61. The van der Waals surface area contributed by atoms with Crippen LogP contribution in [0.3, 0.4) is 0 Å². The summed E-state index contributed by atoms with van der Waals surface area (Å²) >= 11 is 0. The molecule has 4 rings (SSSR count). The molecule has 0 saturated carbocycles. The van der Waals surface area contributed by atoms with Gasteiger partial charge in [0.15, 0.2) is 5.65 Å². The Hall–Kier alpha value is -4.53. The molecule has 0 unspecified atom stereocenters. The van der Waals surface area contributed by atoms with Crippen molar-refractivity contribution in [2.75, 3.05) is 7.11 Å². The molecule has 0 radical (unpaired) electrons. The molecule has 2 aromatic carbocycles. The smallest absolute Gasteiger partial charge is 0.338 e. The minimum Gasteiger partial charge on any atom is -0.465 e. The fraction of sp³-hybridized carbons (Fsp3) is 0.160. The van der Waals surface area contributed by atoms with E-state index in [1.165, 1.54) is 17.7 Å². The van der Waals surface area contributed by atoms with Crippen molar-refractivity contribution in [3.05, 3.63) is 104 Å². The average Bonchev–Trinajstić information content (AvgIpc) is 2.85. The van der Waals surface area contributed by atoms with E-state index in [1.807, 2.05) is 30.3 Å². The number of benzene rings is 2. The highest BCUT2D eigenvalue weighted by Crippen LogP contribution is 2.18. The summed E-state index contributed by atoms with van der Waals surface area (Å²) in [5.74, 6) is -1.27. The molecule has 0 spiro atoms. The Bertz CT molecular complexity index is 1490. The third kappa shape index (κ3) is 4.36. The van der Waals surface area contributed by atoms with Gasteiger partial charge in [-0.2, -0.15) is 0 Å². The Morgan fingerprint density at radius 2 is 1.65 bits per heavy atom. The predicted molar refractivity (Wildman–Crippen MR) is 126 cm³/mol. The molecule has 0 aliphatic carbocycles. The number of carbonyl (C=O) groups is 2. The summed E-state index contributed by atoms with van der Waals surface area (Å²) < 4.78 is 6.88. The Balaban J connectivity index is 1.89. The molecular weight excluding hydrogens is 436 g/mol. The fourth-order valence-electron chi connectivity index (χ4n) is 3.68. The number of aromatic nitrogens is 3. The van der Waals surface area contributed by atoms with E-state index in [1.54, 1.807) is 37.3 Å². The molecule has 0 atom stereocenters. The number of aryl methyl sites for hydroxylation is 1. The first-order valence-electron chi connectivity index (χ1n) is 10.5. The largest absolute Gasteiger partial charge is 0.465 e. The highest BCUT2D eigenvalue weighted by atomic mass is 16.5. The molecular formula is C25H22N4O5. The standard InChI is InChI=1S/C25H22N4O5/c1-16-13-19(24(32)34-2)21-22(27-16)29(18-11-7-4-8-12-18)25(33)28(23(21)31)15-20(30)26-14-17-9-5-3-6-10-17/h3-13H,14-15H2,1-2H3,(H,26,30). The third-order valence-corrected chi connectivity index (χ3v) is 5.28. The molecule has 1 N–H and O–H groups in total. The Kier molecular flexibility index (Phi) is 6.35. The maximum absolute atomic E-state index is 13.5. The number of nitrogens with zero attached hydrogens (tertiary/aromatic N) is 3. The van der Waals surface area contributed by atoms with Crippen LogP contribution in [0.4, 0.5) is 0 Å². The van der Waals surface area contributed by atoms with Crippen LogP contribution in [0.2, 0.25) is 0 Å². The number of fused-ring (bicyclic) bond motifs is 1. The zero-order chi connectivity index (χ0) is 24.2. The van der Waals surface area contributed by atoms with Gasteiger partial charge in [-0.3, -0.25) is 9.59 Å². The molecule has 0 aliphatic rings. The lowest BCUT2D eigenvalue weighted by atomic mass is 10.1. The van der Waals surface area contributed by atoms with Crippen molar-refractivity contribution in [3.63, 3.8) is 0 Å². The number of hydrogen-bond donors (Lipinski definition) is 1. The van der Waals surface area contributed by atoms with Crippen molar-refractivity contribution in [1.29, 1.82) is 0 Å². The van der Waals surface area contributed by atoms with Crippen LogP contribution >= 0.6 is 0 Å². The Morgan fingerprint density at radius 3 is 2.29 bits per heavy atom. The molecule has 9 heteroatoms. The van der Waals surface area contributed by atoms with E-state index < -0.39 is 29.7 Å². The number of pyridine rings is 1. The summed E-state index contributed by atoms with van der Waals surface area (Å²) in [6, 6.07) is 19.3. The van der Waals surface area contributed by atoms with Crippen molar-refractivity contribution in [2.24, 2.45) is 0 Å². The first-order chi connectivity index (χ1) is 16.4. The topological polar surface area (TPSA) is 112 Å². The number of para-hydroxylation sites is 1. The zero-order valence-electron chi connectivity index (χ0n) is 18.6. The summed E-state index contributed by atoms with van der Waals surface area (Å²) in [6.07, 6.45) is 0. The van der Waals surface area contributed by atoms with Crippen molar-refractivity contribution in [2.45, 2.75) is 20.0 Å². The number of amides is 1. The summed E-state index contributed by atoms with van der Waals surface area (Å²) in [4.78, 5) is 56.4. The van der Waals surface area contributed by atoms with Gasteiger partial charge >= 0.3 is 11.7 Å². The lowest BCUT2D eigenvalue weighted by molar-refractivity contribution is -0.121. The first-order valence-corrected chi connectivity index (χ1v) is 10.5. The van der Waals surface area contributed by atoms with Crippen LogP contribution in [0.5, 0.6) is 0 Å². The van der Waals surface area contributed by atoms with E-state index in [2.05, 4.69) is 10.3 Å². The van der Waals surface area contributed by atoms with Crippen molar-refractivity contribution in [3.8, 4) is 5.69 Å². The van der Waals surface area contributed by atoms with Gasteiger partial charge in [-0.05, 0) is 30.7 Å². The highest BCUT2D eigenvalue weighted by molar-refractivity contribution is 6.02. The number of rotatable bonds is 6. The van der Waals surface area contributed by atoms with Crippen molar-refractivity contribution in [1.82, 2.24) is 19.4 Å². The van der Waals surface area contributed by atoms with E-state index in [4.69, 9.17) is 4.74 Å². The second-order valence-electron chi connectivity index (χ2n) is 7.61. The van der Waals surface area contributed by atoms with Gasteiger partial charge in [0, 0.05) is 12.2 Å². The number of carbonyl (C=O) groups excluding carboxylic acids is 2. The molecule has 4 aromatic rings. The van der Waals surface area contributed by atoms with Crippen LogP contribution in [0.25, 0.3) is 16.7 Å². The molecule has 172 valence electrons. The molecule has 2 aromatic heterocycles. The number of nitrogens with one attached hydrogen (secondary N) is 1. The minimum atomic E-state index is -0.796. The van der Waals surface area contributed by atoms with Crippen LogP contribution in [0.1, 0.15) is 21.6 Å². The van der Waals surface area contributed by atoms with Crippen molar-refractivity contribution < 1.29 is 14.3 Å². The average molecular weight is 458 g/mol. The van der Waals surface area contributed by atoms with Crippen molar-refractivity contribution >= 4 is 22.9 Å². The van der Waals surface area contributed by atoms with Gasteiger partial charge in [-0.1, -0.05) is 48.5 Å². The Labute approximate surface area is 194 Å². The highest BCUT2D eigenvalue weighted by Gasteiger charge is 2.23. The van der Waals surface area contributed by atoms with Crippen LogP contribution in [-0.4, -0.2) is 33.1 Å². The maximum Gasteiger partial charge on any atom is 0.338 e. The molecule has 9 nitrogen and oxygen atoms in total. The first kappa shape index (κ1) is 22.7. The number of esters is 1. The van der Waals surface area contributed by atoms with Crippen LogP contribution in [0.15, 0.2) is 76.3 Å². The van der Waals surface area contributed by atoms with Gasteiger partial charge < -0.3 is 10.1 Å². The number of methoxy groups -OCH3 is 1. The minimum absolute atomic E-state index is 0.0162. The lowest BCUT2D eigenvalue weighted by Gasteiger charge is -2.15. The van der Waals surface area contributed by atoms with E-state index in [0.29, 0.717) is 11.4 Å². The quantitative estimate of drug-likeness (QED) is 0.442. The zero-order valence-corrected chi connectivity index (χ0v) is 18.6. The van der Waals surface area contributed by atoms with E-state index in [9.17, 15) is 19.2 Å². The van der Waals surface area contributed by atoms with E-state index >= 15 is 0 Å². The van der Waals surface area contributed by atoms with E-state index in [-0.39, 0.29) is 23.1 Å². The summed E-state index contributed by atoms with van der Waals surface area (Å²) in [6.45, 7) is 1.36. The third-order valence-electron chi connectivity index (χ3n) is 5.28. The summed E-state index contributed by atoms with van der Waals surface area (Å²) in [5, 5.41) is 2.61. The fourth-order valence-corrected chi connectivity index (χ4v) is 3.68. The van der Waals surface area contributed by atoms with Gasteiger partial charge in [-0.15, -0.1) is 0 Å². The van der Waals surface area contributed by atoms with Gasteiger partial charge in [0.1, 0.15) is 6.54 Å². The van der Waals surface area contributed by atoms with Crippen LogP contribution < -0.4 is 16.6 Å². The Morgan fingerprint density at radius 1 is 1.00 bits per heavy atom. The normalized spacial score (nSPS) is 10.8. The summed E-state index contributed by atoms with van der Waals surface area (Å²) in [5.41, 5.74) is 0.179. The van der Waals surface area contributed by atoms with Crippen LogP contribution in [-0.2, 0) is 22.6 Å². The molecule has 1 amide bonds. The number of ether oxygens (including phenoxy) is 1. The molecule has 0 fully saturated rings. The summed E-state index contributed by atoms with van der Waals surface area (Å²) in [7, 11) is 1.20.